The fourth-order valence-corrected chi connectivity index (χ4v) is 29.7. The molecule has 11 rings (SSSR count). The molecule has 427 valence electrons. The van der Waals surface area contributed by atoms with Crippen LogP contribution in [0.15, 0.2) is 83.0 Å². The first-order valence-electron chi connectivity index (χ1n) is 26.3. The molecule has 7 aliphatic heterocycles. The van der Waals surface area contributed by atoms with Gasteiger partial charge in [0.05, 0.1) is 55.4 Å². The Morgan fingerprint density at radius 1 is 0.438 bits per heavy atom. The zero-order valence-electron chi connectivity index (χ0n) is 48.1. The number of piperidine rings is 1. The molecule has 7 heterocycles. The SMILES string of the molecule is COC(=O)c1c2c(c(C(c3c4c(c(C(=O)Nc5ccc(C(=O)NC6CC(C)(C)N([O])C(C)(C)C6)cc5)c5c3SC(C)(C)S5)SC(C)(C)S4)c3c4c(c(C(=O)OC)c5c3SC(C)(C)S5)SC(C)(C)S4)c3c1SC(C)(C)S3)SC(C)(C)S2. The third-order valence-electron chi connectivity index (χ3n) is 14.4. The number of esters is 2. The number of nitrogens with one attached hydrogen (secondary N) is 2. The van der Waals surface area contributed by atoms with Gasteiger partial charge in [-0.1, -0.05) is 0 Å². The van der Waals surface area contributed by atoms with Crippen LogP contribution in [-0.2, 0) is 14.7 Å². The average Bonchev–Trinajstić information content (AvgIpc) is 4.16. The number of fused-ring (bicyclic) bond motifs is 6. The van der Waals surface area contributed by atoms with Crippen LogP contribution in [-0.4, -0.2) is 84.6 Å². The summed E-state index contributed by atoms with van der Waals surface area (Å²) in [6.45, 7) is 34.5. The summed E-state index contributed by atoms with van der Waals surface area (Å²) in [4.78, 5) is 70.2. The molecule has 22 heteroatoms. The third kappa shape index (κ3) is 10.8. The summed E-state index contributed by atoms with van der Waals surface area (Å²) in [6.07, 6.45) is 1.07. The molecule has 0 aliphatic carbocycles. The second-order valence-electron chi connectivity index (χ2n) is 24.9. The Morgan fingerprint density at radius 2 is 0.713 bits per heavy atom. The zero-order valence-corrected chi connectivity index (χ0v) is 57.9. The van der Waals surface area contributed by atoms with Crippen LogP contribution < -0.4 is 10.6 Å². The molecular weight excluding hydrogens is 1240 g/mol. The van der Waals surface area contributed by atoms with E-state index >= 15 is 4.79 Å². The van der Waals surface area contributed by atoms with E-state index in [2.05, 4.69) is 93.7 Å². The normalized spacial score (nSPS) is 22.5. The van der Waals surface area contributed by atoms with Crippen LogP contribution >= 0.6 is 141 Å². The van der Waals surface area contributed by atoms with Crippen LogP contribution in [0.3, 0.4) is 0 Å². The number of amides is 2. The van der Waals surface area contributed by atoms with E-state index in [0.29, 0.717) is 40.8 Å². The number of anilines is 1. The molecule has 0 aromatic heterocycles. The molecule has 10 nitrogen and oxygen atoms in total. The monoisotopic (exact) mass is 1300 g/mol. The number of benzene rings is 4. The molecule has 2 amide bonds. The highest BCUT2D eigenvalue weighted by Crippen LogP contribution is 2.75. The molecule has 4 aromatic carbocycles. The Hall–Kier alpha value is -1.12. The predicted octanol–water partition coefficient (Wildman–Crippen LogP) is 18.4. The van der Waals surface area contributed by atoms with Crippen molar-refractivity contribution < 1.29 is 33.9 Å². The number of carbonyl (C=O) groups excluding carboxylic acids is 4. The van der Waals surface area contributed by atoms with Gasteiger partial charge >= 0.3 is 11.9 Å². The molecule has 0 spiro atoms. The van der Waals surface area contributed by atoms with Crippen molar-refractivity contribution in [3.8, 4) is 0 Å². The van der Waals surface area contributed by atoms with E-state index in [0.717, 1.165) is 80.5 Å². The second-order valence-corrected chi connectivity index (χ2v) is 46.0. The van der Waals surface area contributed by atoms with Gasteiger partial charge in [0, 0.05) is 93.0 Å². The van der Waals surface area contributed by atoms with Gasteiger partial charge in [-0.15, -0.1) is 151 Å². The smallest absolute Gasteiger partial charge is 0.340 e. The molecule has 0 atom stereocenters. The van der Waals surface area contributed by atoms with Crippen molar-refractivity contribution >= 4 is 171 Å². The minimum Gasteiger partial charge on any atom is -0.465 e. The largest absolute Gasteiger partial charge is 0.465 e. The first kappa shape index (κ1) is 60.6. The van der Waals surface area contributed by atoms with Crippen molar-refractivity contribution in [2.45, 2.75) is 230 Å². The number of nitrogens with zero attached hydrogens (tertiary/aromatic N) is 1. The maximum absolute atomic E-state index is 15.6. The first-order chi connectivity index (χ1) is 37.0. The van der Waals surface area contributed by atoms with Gasteiger partial charge in [0.15, 0.2) is 0 Å². The van der Waals surface area contributed by atoms with Crippen molar-refractivity contribution in [2.24, 2.45) is 0 Å². The Bertz CT molecular complexity index is 3140. The topological polar surface area (TPSA) is 134 Å². The Morgan fingerprint density at radius 3 is 1.00 bits per heavy atom. The van der Waals surface area contributed by atoms with E-state index in [9.17, 15) is 19.6 Å². The van der Waals surface area contributed by atoms with Crippen molar-refractivity contribution in [3.05, 3.63) is 63.2 Å². The van der Waals surface area contributed by atoms with Crippen LogP contribution in [0.5, 0.6) is 0 Å². The quantitative estimate of drug-likeness (QED) is 0.121. The van der Waals surface area contributed by atoms with Gasteiger partial charge in [0.25, 0.3) is 11.8 Å². The van der Waals surface area contributed by atoms with E-state index < -0.39 is 17.0 Å². The van der Waals surface area contributed by atoms with Crippen LogP contribution in [0.2, 0.25) is 0 Å². The molecule has 0 unspecified atom stereocenters. The van der Waals surface area contributed by atoms with E-state index in [1.807, 2.05) is 98.3 Å². The maximum Gasteiger partial charge on any atom is 0.340 e. The molecule has 1 fully saturated rings. The molecule has 2 N–H and O–H groups in total. The van der Waals surface area contributed by atoms with Crippen LogP contribution in [0, 0.1) is 0 Å². The average molecular weight is 1300 g/mol. The molecule has 80 heavy (non-hydrogen) atoms. The fourth-order valence-electron chi connectivity index (χ4n) is 11.8. The minimum atomic E-state index is -0.629. The Labute approximate surface area is 522 Å². The predicted molar refractivity (Wildman–Crippen MR) is 343 cm³/mol. The number of ether oxygens (including phenoxy) is 2. The summed E-state index contributed by atoms with van der Waals surface area (Å²) in [5.74, 6) is -1.56. The highest BCUT2D eigenvalue weighted by Gasteiger charge is 2.54. The van der Waals surface area contributed by atoms with Gasteiger partial charge in [-0.3, -0.25) is 9.59 Å². The molecule has 1 saturated heterocycles. The lowest BCUT2D eigenvalue weighted by molar-refractivity contribution is -0.289. The van der Waals surface area contributed by atoms with Gasteiger partial charge in [-0.25, -0.2) is 9.59 Å². The van der Waals surface area contributed by atoms with Crippen LogP contribution in [0.4, 0.5) is 5.69 Å². The number of hydrogen-bond acceptors (Lipinski definition) is 19. The molecule has 1 radical (unpaired) electrons. The van der Waals surface area contributed by atoms with Gasteiger partial charge in [0.1, 0.15) is 0 Å². The number of rotatable bonds is 9. The molecule has 7 aliphatic rings. The van der Waals surface area contributed by atoms with E-state index in [1.54, 1.807) is 94.8 Å². The van der Waals surface area contributed by atoms with Gasteiger partial charge in [-0.05, 0) is 165 Å². The second kappa shape index (κ2) is 20.5. The van der Waals surface area contributed by atoms with E-state index in [-0.39, 0.29) is 54.3 Å². The number of thioether (sulfide) groups is 12. The zero-order chi connectivity index (χ0) is 58.1. The number of methoxy groups -OCH3 is 2. The highest BCUT2D eigenvalue weighted by atomic mass is 32.2. The van der Waals surface area contributed by atoms with Crippen molar-refractivity contribution in [1.29, 1.82) is 0 Å². The maximum atomic E-state index is 15.6. The van der Waals surface area contributed by atoms with Crippen LogP contribution in [0.1, 0.15) is 188 Å². The Kier molecular flexibility index (Phi) is 15.5. The summed E-state index contributed by atoms with van der Waals surface area (Å²) in [7, 11) is 2.96. The van der Waals surface area contributed by atoms with Crippen LogP contribution in [0.25, 0.3) is 0 Å². The fraction of sp³-hybridized carbons (Fsp3) is 0.517. The Balaban J connectivity index is 1.15. The summed E-state index contributed by atoms with van der Waals surface area (Å²) in [5.41, 5.74) is 5.15. The molecule has 0 saturated carbocycles. The van der Waals surface area contributed by atoms with Crippen molar-refractivity contribution in [3.63, 3.8) is 0 Å². The summed E-state index contributed by atoms with van der Waals surface area (Å²) < 4.78 is 9.29. The summed E-state index contributed by atoms with van der Waals surface area (Å²) >= 11 is 21.3. The highest BCUT2D eigenvalue weighted by molar-refractivity contribution is 8.23. The number of carbonyl (C=O) groups is 4. The molecule has 4 aromatic rings. The lowest BCUT2D eigenvalue weighted by Crippen LogP contribution is -2.62. The van der Waals surface area contributed by atoms with Gasteiger partial charge in [-0.2, -0.15) is 0 Å². The van der Waals surface area contributed by atoms with Crippen molar-refractivity contribution in [2.75, 3.05) is 19.5 Å². The lowest BCUT2D eigenvalue weighted by atomic mass is 9.79. The van der Waals surface area contributed by atoms with E-state index in [4.69, 9.17) is 9.47 Å². The summed E-state index contributed by atoms with van der Waals surface area (Å²) in [6, 6.07) is 6.93. The van der Waals surface area contributed by atoms with E-state index in [1.165, 1.54) is 14.2 Å². The minimum absolute atomic E-state index is 0.173. The van der Waals surface area contributed by atoms with Gasteiger partial charge in [0.2, 0.25) is 0 Å². The van der Waals surface area contributed by atoms with Gasteiger partial charge < -0.3 is 20.1 Å². The first-order valence-corrected chi connectivity index (χ1v) is 36.1. The molecule has 0 bridgehead atoms. The lowest BCUT2D eigenvalue weighted by Gasteiger charge is -2.50. The van der Waals surface area contributed by atoms with Crippen molar-refractivity contribution in [1.82, 2.24) is 10.4 Å². The number of hydrogen-bond donors (Lipinski definition) is 2. The summed E-state index contributed by atoms with van der Waals surface area (Å²) in [5, 5.41) is 20.8. The standard InChI is InChI=1S/C58H66N3O7S12/c1-51(2)23-27(24-52(3,4)61(51)66)60-47(62)25-19-21-26(22-20-25)59-48(63)32-41-35(69-53(5,6)75-41)29(36-42(32)76-54(7,8)70-36)28(30-37-43(77-55(9,10)71-37)33(49(64)67-17)44-38(30)72-56(11,12)78-44)31-39-45(79-57(13,14)73-39)34(50(65)68-18)46-40(31)74-58(15,16)80-46/h19-22,27-28H,23-24H2,1-18H3,(H,59,63)(H,60,62). The number of hydroxylamine groups is 2. The third-order valence-corrected chi connectivity index (χ3v) is 31.6. The molecular formula is C58H66N3O7S12.